The minimum absolute atomic E-state index is 0.0311. The molecule has 34 heavy (non-hydrogen) atoms. The van der Waals surface area contributed by atoms with E-state index in [1.54, 1.807) is 35.3 Å². The smallest absolute Gasteiger partial charge is 0.337 e. The average molecular weight is 478 g/mol. The van der Waals surface area contributed by atoms with Crippen LogP contribution in [0.4, 0.5) is 0 Å². The van der Waals surface area contributed by atoms with Gasteiger partial charge in [-0.25, -0.2) is 13.2 Å². The van der Waals surface area contributed by atoms with Crippen molar-refractivity contribution < 1.29 is 22.4 Å². The van der Waals surface area contributed by atoms with Crippen LogP contribution >= 0.6 is 0 Å². The van der Waals surface area contributed by atoms with Crippen molar-refractivity contribution in [3.63, 3.8) is 0 Å². The van der Waals surface area contributed by atoms with Gasteiger partial charge in [0.2, 0.25) is 0 Å². The Morgan fingerprint density at radius 1 is 1.18 bits per heavy atom. The topological polar surface area (TPSA) is 104 Å². The third-order valence-electron chi connectivity index (χ3n) is 5.95. The van der Waals surface area contributed by atoms with Gasteiger partial charge in [-0.15, -0.1) is 0 Å². The van der Waals surface area contributed by atoms with Crippen LogP contribution < -0.4 is 0 Å². The van der Waals surface area contributed by atoms with Crippen LogP contribution in [0, 0.1) is 0 Å². The maximum atomic E-state index is 12.3. The van der Waals surface area contributed by atoms with Gasteiger partial charge in [0.05, 0.1) is 47.9 Å². The van der Waals surface area contributed by atoms with Crippen LogP contribution in [0.2, 0.25) is 0 Å². The summed E-state index contributed by atoms with van der Waals surface area (Å²) in [6.07, 6.45) is 4.20. The Morgan fingerprint density at radius 2 is 2.06 bits per heavy atom. The second-order valence-corrected chi connectivity index (χ2v) is 10.5. The zero-order valence-electron chi connectivity index (χ0n) is 18.5. The van der Waals surface area contributed by atoms with Gasteiger partial charge in [0.25, 0.3) is 0 Å². The number of carbonyl (C=O) groups is 1. The highest BCUT2D eigenvalue weighted by Gasteiger charge is 2.34. The van der Waals surface area contributed by atoms with E-state index in [0.29, 0.717) is 35.6 Å². The summed E-state index contributed by atoms with van der Waals surface area (Å²) in [6, 6.07) is 16.2. The van der Waals surface area contributed by atoms with Gasteiger partial charge < -0.3 is 9.15 Å². The van der Waals surface area contributed by atoms with E-state index in [2.05, 4.69) is 4.98 Å². The van der Waals surface area contributed by atoms with E-state index in [1.807, 2.05) is 36.4 Å². The highest BCUT2D eigenvalue weighted by Crippen LogP contribution is 2.37. The molecule has 1 atom stereocenters. The lowest BCUT2D eigenvalue weighted by molar-refractivity contribution is 0.0600. The zero-order valence-corrected chi connectivity index (χ0v) is 19.4. The number of aromatic nitrogens is 3. The van der Waals surface area contributed by atoms with E-state index in [1.165, 1.54) is 7.11 Å². The summed E-state index contributed by atoms with van der Waals surface area (Å²) >= 11 is 0. The molecule has 1 aliphatic heterocycles. The van der Waals surface area contributed by atoms with Gasteiger partial charge >= 0.3 is 5.97 Å². The summed E-state index contributed by atoms with van der Waals surface area (Å²) < 4.78 is 36.9. The first-order valence-electron chi connectivity index (χ1n) is 10.9. The van der Waals surface area contributed by atoms with Crippen LogP contribution in [0.25, 0.3) is 22.8 Å². The first kappa shape index (κ1) is 22.1. The maximum Gasteiger partial charge on any atom is 0.337 e. The van der Waals surface area contributed by atoms with Crippen molar-refractivity contribution >= 4 is 15.8 Å². The van der Waals surface area contributed by atoms with Crippen LogP contribution in [0.5, 0.6) is 0 Å². The Hall–Kier alpha value is -3.72. The second kappa shape index (κ2) is 8.90. The van der Waals surface area contributed by atoms with Gasteiger partial charge in [-0.1, -0.05) is 18.2 Å². The monoisotopic (exact) mass is 477 g/mol. The number of rotatable bonds is 6. The van der Waals surface area contributed by atoms with E-state index < -0.39 is 15.8 Å². The molecular formula is C25H23N3O5S. The number of esters is 1. The standard InChI is InChI=1S/C25H23N3O5S/c1-32-25(29)18-7-4-6-17(14-18)15-20-23(22-9-5-12-33-22)27-28(19-10-13-34(30,31)16-19)24(20)21-8-2-3-11-26-21/h2-9,11-12,14,19H,10,13,15-16H2,1H3. The predicted octanol–water partition coefficient (Wildman–Crippen LogP) is 3.94. The molecule has 174 valence electrons. The number of furan rings is 1. The quantitative estimate of drug-likeness (QED) is 0.387. The van der Waals surface area contributed by atoms with Gasteiger partial charge in [0, 0.05) is 18.2 Å². The minimum Gasteiger partial charge on any atom is -0.465 e. The van der Waals surface area contributed by atoms with E-state index in [0.717, 1.165) is 16.8 Å². The molecule has 0 spiro atoms. The first-order valence-corrected chi connectivity index (χ1v) is 12.7. The van der Waals surface area contributed by atoms with Crippen molar-refractivity contribution in [2.24, 2.45) is 0 Å². The highest BCUT2D eigenvalue weighted by molar-refractivity contribution is 7.91. The van der Waals surface area contributed by atoms with E-state index in [9.17, 15) is 13.2 Å². The molecule has 0 aliphatic carbocycles. The number of carbonyl (C=O) groups excluding carboxylic acids is 1. The molecule has 0 N–H and O–H groups in total. The summed E-state index contributed by atoms with van der Waals surface area (Å²) in [5.41, 5.74) is 4.24. The summed E-state index contributed by atoms with van der Waals surface area (Å²) in [7, 11) is -1.78. The SMILES string of the molecule is COC(=O)c1cccc(Cc2c(-c3ccco3)nn(C3CCS(=O)(=O)C3)c2-c2ccccn2)c1. The van der Waals surface area contributed by atoms with Crippen molar-refractivity contribution in [1.29, 1.82) is 0 Å². The Kier molecular flexibility index (Phi) is 5.79. The van der Waals surface area contributed by atoms with Gasteiger partial charge in [-0.05, 0) is 48.4 Å². The zero-order chi connectivity index (χ0) is 23.7. The van der Waals surface area contributed by atoms with Gasteiger partial charge in [-0.2, -0.15) is 5.10 Å². The van der Waals surface area contributed by atoms with E-state index in [-0.39, 0.29) is 17.5 Å². The van der Waals surface area contributed by atoms with Crippen LogP contribution in [-0.2, 0) is 21.0 Å². The average Bonchev–Trinajstić information content (AvgIpc) is 3.58. The number of sulfone groups is 1. The van der Waals surface area contributed by atoms with E-state index >= 15 is 0 Å². The molecule has 4 heterocycles. The van der Waals surface area contributed by atoms with Crippen LogP contribution in [0.3, 0.4) is 0 Å². The van der Waals surface area contributed by atoms with Gasteiger partial charge in [0.1, 0.15) is 5.69 Å². The molecule has 1 saturated heterocycles. The largest absolute Gasteiger partial charge is 0.465 e. The number of hydrogen-bond donors (Lipinski definition) is 0. The third kappa shape index (κ3) is 4.26. The lowest BCUT2D eigenvalue weighted by Gasteiger charge is -2.14. The minimum atomic E-state index is -3.13. The lowest BCUT2D eigenvalue weighted by Crippen LogP contribution is -2.14. The Morgan fingerprint density at radius 3 is 2.74 bits per heavy atom. The maximum absolute atomic E-state index is 12.3. The number of ether oxygens (including phenoxy) is 1. The molecule has 1 fully saturated rings. The molecular weight excluding hydrogens is 454 g/mol. The number of hydrogen-bond acceptors (Lipinski definition) is 7. The molecule has 1 aliphatic rings. The van der Waals surface area contributed by atoms with Crippen molar-refractivity contribution in [1.82, 2.24) is 14.8 Å². The fraction of sp³-hybridized carbons (Fsp3) is 0.240. The summed E-state index contributed by atoms with van der Waals surface area (Å²) in [5, 5.41) is 4.87. The third-order valence-corrected chi connectivity index (χ3v) is 7.70. The molecule has 1 unspecified atom stereocenters. The van der Waals surface area contributed by atoms with Crippen molar-refractivity contribution in [2.45, 2.75) is 18.9 Å². The molecule has 5 rings (SSSR count). The highest BCUT2D eigenvalue weighted by atomic mass is 32.2. The molecule has 9 heteroatoms. The molecule has 0 saturated carbocycles. The van der Waals surface area contributed by atoms with Crippen LogP contribution in [-0.4, -0.2) is 47.8 Å². The molecule has 4 aromatic rings. The van der Waals surface area contributed by atoms with Crippen LogP contribution in [0.1, 0.15) is 33.9 Å². The summed E-state index contributed by atoms with van der Waals surface area (Å²) in [5.74, 6) is 0.329. The molecule has 1 aromatic carbocycles. The van der Waals surface area contributed by atoms with E-state index in [4.69, 9.17) is 14.3 Å². The Balaban J connectivity index is 1.70. The fourth-order valence-corrected chi connectivity index (χ4v) is 6.08. The van der Waals surface area contributed by atoms with Gasteiger partial charge in [-0.3, -0.25) is 9.67 Å². The Labute approximate surface area is 197 Å². The fourth-order valence-electron chi connectivity index (χ4n) is 4.38. The van der Waals surface area contributed by atoms with Crippen LogP contribution in [0.15, 0.2) is 71.5 Å². The molecule has 0 amide bonds. The molecule has 0 radical (unpaired) electrons. The Bertz CT molecular complexity index is 1430. The molecule has 0 bridgehead atoms. The van der Waals surface area contributed by atoms with Crippen molar-refractivity contribution in [3.8, 4) is 22.8 Å². The summed E-state index contributed by atoms with van der Waals surface area (Å²) in [4.78, 5) is 16.6. The normalized spacial score (nSPS) is 17.0. The first-order chi connectivity index (χ1) is 16.4. The second-order valence-electron chi connectivity index (χ2n) is 8.24. The lowest BCUT2D eigenvalue weighted by atomic mass is 9.98. The van der Waals surface area contributed by atoms with Gasteiger partial charge in [0.15, 0.2) is 15.6 Å². The summed E-state index contributed by atoms with van der Waals surface area (Å²) in [6.45, 7) is 0. The van der Waals surface area contributed by atoms with Crippen molar-refractivity contribution in [2.75, 3.05) is 18.6 Å². The number of pyridine rings is 1. The molecule has 3 aromatic heterocycles. The van der Waals surface area contributed by atoms with Crippen molar-refractivity contribution in [3.05, 3.63) is 83.7 Å². The molecule has 8 nitrogen and oxygen atoms in total. The number of methoxy groups -OCH3 is 1. The predicted molar refractivity (Wildman–Crippen MR) is 126 cm³/mol. The number of benzene rings is 1. The number of nitrogens with zero attached hydrogens (tertiary/aromatic N) is 3.